The van der Waals surface area contributed by atoms with E-state index in [0.717, 1.165) is 62.1 Å². The lowest BCUT2D eigenvalue weighted by Gasteiger charge is -2.01. The van der Waals surface area contributed by atoms with Crippen LogP contribution in [0.2, 0.25) is 0 Å². The van der Waals surface area contributed by atoms with Crippen LogP contribution in [0, 0.1) is 11.8 Å². The van der Waals surface area contributed by atoms with Gasteiger partial charge in [-0.15, -0.1) is 0 Å². The molecule has 10 rings (SSSR count). The third-order valence-electron chi connectivity index (χ3n) is 7.91. The first-order valence-corrected chi connectivity index (χ1v) is 22.1. The van der Waals surface area contributed by atoms with Crippen LogP contribution in [0.4, 0.5) is 0 Å². The highest BCUT2D eigenvalue weighted by molar-refractivity contribution is 5.22. The maximum Gasteiger partial charge on any atom is 0.181 e. The molecule has 0 radical (unpaired) electrons. The zero-order valence-corrected chi connectivity index (χ0v) is 38.1. The number of ether oxygens (including phenoxy) is 10. The van der Waals surface area contributed by atoms with Crippen LogP contribution in [0.1, 0.15) is 52.7 Å². The predicted molar refractivity (Wildman–Crippen MR) is 248 cm³/mol. The van der Waals surface area contributed by atoms with E-state index in [1.165, 1.54) is 11.1 Å². The van der Waals surface area contributed by atoms with E-state index in [4.69, 9.17) is 47.4 Å². The predicted octanol–water partition coefficient (Wildman–Crippen LogP) is 10.8. The molecule has 0 bridgehead atoms. The van der Waals surface area contributed by atoms with Crippen LogP contribution in [0.15, 0.2) is 152 Å². The summed E-state index contributed by atoms with van der Waals surface area (Å²) in [6.45, 7) is 20.4. The molecular weight excluding hydrogens is 797 g/mol. The largest absolute Gasteiger partial charge is 0.491 e. The minimum atomic E-state index is 0.0650. The van der Waals surface area contributed by atoms with Gasteiger partial charge in [0.05, 0.1) is 33.0 Å². The van der Waals surface area contributed by atoms with Crippen molar-refractivity contribution in [2.24, 2.45) is 11.8 Å². The Morgan fingerprint density at radius 3 is 0.794 bits per heavy atom. The summed E-state index contributed by atoms with van der Waals surface area (Å²) in [6, 6.07) is 49.6. The number of hydrogen-bond acceptors (Lipinski definition) is 10. The van der Waals surface area contributed by atoms with E-state index in [9.17, 15) is 0 Å². The fourth-order valence-electron chi connectivity index (χ4n) is 4.41. The lowest BCUT2D eigenvalue weighted by molar-refractivity contribution is 0.0384. The zero-order valence-electron chi connectivity index (χ0n) is 38.1. The molecule has 5 fully saturated rings. The zero-order chi connectivity index (χ0) is 44.7. The fourth-order valence-corrected chi connectivity index (χ4v) is 4.41. The van der Waals surface area contributed by atoms with Crippen molar-refractivity contribution >= 4 is 0 Å². The second kappa shape index (κ2) is 31.1. The standard InChI is InChI=1S/5C9H10O2.2C4H10/c3*1-2-4-8(5-3-1)10-6-9-7-11-9;2*1-2-4-8(5-3-1)6-10-9-7-11-9;2*1-4(2)3/h5*1-5,9H,6-7H2;2*4H,1-3H3. The Kier molecular flexibility index (Phi) is 25.1. The molecule has 0 aromatic heterocycles. The fraction of sp³-hybridized carbons (Fsp3) is 0.434. The van der Waals surface area contributed by atoms with Gasteiger partial charge in [-0.05, 0) is 59.4 Å². The molecule has 0 N–H and O–H groups in total. The topological polar surface area (TPSA) is 109 Å². The average molecular weight is 867 g/mol. The smallest absolute Gasteiger partial charge is 0.181 e. The van der Waals surface area contributed by atoms with Crippen LogP contribution < -0.4 is 14.2 Å². The minimum absolute atomic E-state index is 0.0650. The molecule has 0 aliphatic carbocycles. The molecule has 5 saturated heterocycles. The summed E-state index contributed by atoms with van der Waals surface area (Å²) in [5, 5.41) is 0. The Labute approximate surface area is 376 Å². The molecule has 63 heavy (non-hydrogen) atoms. The first kappa shape index (κ1) is 50.9. The van der Waals surface area contributed by atoms with Crippen molar-refractivity contribution in [2.75, 3.05) is 52.9 Å². The second-order valence-electron chi connectivity index (χ2n) is 16.3. The first-order valence-electron chi connectivity index (χ1n) is 22.1. The summed E-state index contributed by atoms with van der Waals surface area (Å²) < 4.78 is 51.7. The van der Waals surface area contributed by atoms with Crippen molar-refractivity contribution in [2.45, 2.75) is 85.6 Å². The van der Waals surface area contributed by atoms with E-state index in [2.05, 4.69) is 41.5 Å². The van der Waals surface area contributed by atoms with Gasteiger partial charge in [-0.1, -0.05) is 157 Å². The van der Waals surface area contributed by atoms with Crippen molar-refractivity contribution < 1.29 is 47.4 Å². The number of benzene rings is 5. The third kappa shape index (κ3) is 30.8. The molecule has 5 aromatic carbocycles. The monoisotopic (exact) mass is 866 g/mol. The van der Waals surface area contributed by atoms with Crippen molar-refractivity contribution in [3.05, 3.63) is 163 Å². The van der Waals surface area contributed by atoms with Crippen molar-refractivity contribution in [3.63, 3.8) is 0 Å². The summed E-state index contributed by atoms with van der Waals surface area (Å²) >= 11 is 0. The number of epoxide rings is 5. The lowest BCUT2D eigenvalue weighted by Crippen LogP contribution is -2.03. The molecule has 5 heterocycles. The van der Waals surface area contributed by atoms with Crippen LogP contribution in [-0.4, -0.2) is 83.7 Å². The Hall–Kier alpha value is -4.78. The molecule has 342 valence electrons. The minimum Gasteiger partial charge on any atom is -0.491 e. The van der Waals surface area contributed by atoms with E-state index in [0.29, 0.717) is 51.3 Å². The van der Waals surface area contributed by atoms with Gasteiger partial charge >= 0.3 is 0 Å². The molecular formula is C53H70O10. The van der Waals surface area contributed by atoms with Crippen LogP contribution in [-0.2, 0) is 46.4 Å². The van der Waals surface area contributed by atoms with E-state index in [-0.39, 0.29) is 12.6 Å². The van der Waals surface area contributed by atoms with Gasteiger partial charge in [0, 0.05) is 0 Å². The maximum atomic E-state index is 5.40. The van der Waals surface area contributed by atoms with Crippen molar-refractivity contribution in [1.29, 1.82) is 0 Å². The first-order chi connectivity index (χ1) is 30.7. The molecule has 0 spiro atoms. The Morgan fingerprint density at radius 2 is 0.587 bits per heavy atom. The van der Waals surface area contributed by atoms with E-state index >= 15 is 0 Å². The Morgan fingerprint density at radius 1 is 0.365 bits per heavy atom. The lowest BCUT2D eigenvalue weighted by atomic mass is 10.2. The normalized spacial score (nSPS) is 19.8. The Bertz CT molecular complexity index is 1470. The third-order valence-corrected chi connectivity index (χ3v) is 7.91. The van der Waals surface area contributed by atoms with E-state index < -0.39 is 0 Å². The number of rotatable bonds is 15. The summed E-state index contributed by atoms with van der Waals surface area (Å²) in [7, 11) is 0. The summed E-state index contributed by atoms with van der Waals surface area (Å²) in [5.41, 5.74) is 2.39. The molecule has 10 nitrogen and oxygen atoms in total. The summed E-state index contributed by atoms with van der Waals surface area (Å²) in [5.74, 6) is 4.43. The maximum absolute atomic E-state index is 5.40. The molecule has 5 aliphatic rings. The van der Waals surface area contributed by atoms with Gasteiger partial charge in [0.15, 0.2) is 12.6 Å². The van der Waals surface area contributed by atoms with Gasteiger partial charge in [0.25, 0.3) is 0 Å². The Balaban J connectivity index is 0.000000166. The van der Waals surface area contributed by atoms with Gasteiger partial charge in [0.2, 0.25) is 0 Å². The van der Waals surface area contributed by atoms with E-state index in [1.54, 1.807) is 0 Å². The molecule has 10 heteroatoms. The molecule has 5 aromatic rings. The van der Waals surface area contributed by atoms with Crippen molar-refractivity contribution in [1.82, 2.24) is 0 Å². The molecule has 5 atom stereocenters. The number of hydrogen-bond donors (Lipinski definition) is 0. The molecule has 5 unspecified atom stereocenters. The van der Waals surface area contributed by atoms with Gasteiger partial charge < -0.3 is 47.4 Å². The molecule has 5 aliphatic heterocycles. The van der Waals surface area contributed by atoms with Crippen LogP contribution in [0.5, 0.6) is 17.2 Å². The second-order valence-corrected chi connectivity index (χ2v) is 16.3. The highest BCUT2D eigenvalue weighted by Crippen LogP contribution is 2.17. The molecule has 0 amide bonds. The van der Waals surface area contributed by atoms with Gasteiger partial charge in [-0.3, -0.25) is 0 Å². The van der Waals surface area contributed by atoms with Crippen LogP contribution in [0.3, 0.4) is 0 Å². The van der Waals surface area contributed by atoms with Crippen molar-refractivity contribution in [3.8, 4) is 17.2 Å². The molecule has 0 saturated carbocycles. The number of para-hydroxylation sites is 3. The van der Waals surface area contributed by atoms with Gasteiger partial charge in [-0.25, -0.2) is 0 Å². The quantitative estimate of drug-likeness (QED) is 0.0944. The van der Waals surface area contributed by atoms with E-state index in [1.807, 2.05) is 152 Å². The highest BCUT2D eigenvalue weighted by atomic mass is 16.8. The van der Waals surface area contributed by atoms with Gasteiger partial charge in [0.1, 0.15) is 68.6 Å². The highest BCUT2D eigenvalue weighted by Gasteiger charge is 2.25. The van der Waals surface area contributed by atoms with Crippen LogP contribution in [0.25, 0.3) is 0 Å². The van der Waals surface area contributed by atoms with Crippen LogP contribution >= 0.6 is 0 Å². The average Bonchev–Trinajstić information content (AvgIpc) is 4.10. The SMILES string of the molecule is CC(C)C.CC(C)C.c1ccc(COC2CO2)cc1.c1ccc(COC2CO2)cc1.c1ccc(OCC2CO2)cc1.c1ccc(OCC2CO2)cc1.c1ccc(OCC2CO2)cc1. The summed E-state index contributed by atoms with van der Waals surface area (Å²) in [6.07, 6.45) is 1.16. The van der Waals surface area contributed by atoms with Gasteiger partial charge in [-0.2, -0.15) is 0 Å². The summed E-state index contributed by atoms with van der Waals surface area (Å²) in [4.78, 5) is 0.